The van der Waals surface area contributed by atoms with Gasteiger partial charge in [0, 0.05) is 18.0 Å². The average molecular weight is 252 g/mol. The lowest BCUT2D eigenvalue weighted by atomic mass is 10.2. The zero-order valence-corrected chi connectivity index (χ0v) is 10.3. The highest BCUT2D eigenvalue weighted by Gasteiger charge is 2.16. The second kappa shape index (κ2) is 3.89. The number of sulfonamides is 1. The van der Waals surface area contributed by atoms with E-state index in [2.05, 4.69) is 0 Å². The Labute approximate surface area is 99.1 Å². The number of nitrogens with zero attached hydrogens (tertiary/aromatic N) is 1. The quantitative estimate of drug-likeness (QED) is 0.862. The molecule has 0 aliphatic carbocycles. The van der Waals surface area contributed by atoms with Crippen LogP contribution in [-0.2, 0) is 17.1 Å². The highest BCUT2D eigenvalue weighted by Crippen LogP contribution is 2.18. The van der Waals surface area contributed by atoms with Gasteiger partial charge in [0.15, 0.2) is 0 Å². The third-order valence-corrected chi connectivity index (χ3v) is 3.02. The van der Waals surface area contributed by atoms with E-state index in [-0.39, 0.29) is 0 Å². The number of hydrogen-bond donors (Lipinski definition) is 1. The van der Waals surface area contributed by atoms with Crippen LogP contribution in [0.3, 0.4) is 0 Å². The summed E-state index contributed by atoms with van der Waals surface area (Å²) in [5.74, 6) is -0.619. The summed E-state index contributed by atoms with van der Waals surface area (Å²) in [6.45, 7) is 0. The van der Waals surface area contributed by atoms with Gasteiger partial charge in [-0.15, -0.1) is 0 Å². The Balaban J connectivity index is 2.49. The summed E-state index contributed by atoms with van der Waals surface area (Å²) >= 11 is 0. The van der Waals surface area contributed by atoms with Crippen LogP contribution in [0.25, 0.3) is 10.9 Å². The number of aromatic nitrogens is 1. The van der Waals surface area contributed by atoms with Gasteiger partial charge in [-0.2, -0.15) is 0 Å². The Morgan fingerprint density at radius 3 is 2.53 bits per heavy atom. The van der Waals surface area contributed by atoms with E-state index in [9.17, 15) is 13.2 Å². The van der Waals surface area contributed by atoms with Gasteiger partial charge in [-0.05, 0) is 12.1 Å². The normalized spacial score (nSPS) is 11.6. The maximum absolute atomic E-state index is 11.7. The fourth-order valence-corrected chi connectivity index (χ4v) is 2.17. The number of aryl methyl sites for hydroxylation is 1. The maximum Gasteiger partial charge on any atom is 0.281 e. The predicted molar refractivity (Wildman–Crippen MR) is 65.2 cm³/mol. The Morgan fingerprint density at radius 2 is 1.94 bits per heavy atom. The molecule has 5 nitrogen and oxygen atoms in total. The fourth-order valence-electron chi connectivity index (χ4n) is 1.73. The van der Waals surface area contributed by atoms with Gasteiger partial charge in [-0.1, -0.05) is 18.2 Å². The van der Waals surface area contributed by atoms with Crippen LogP contribution in [-0.4, -0.2) is 25.1 Å². The maximum atomic E-state index is 11.7. The molecule has 90 valence electrons. The molecular formula is C11H12N2O3S. The molecule has 0 aliphatic heterocycles. The van der Waals surface area contributed by atoms with Crippen molar-refractivity contribution in [1.82, 2.24) is 9.29 Å². The first kappa shape index (κ1) is 11.7. The van der Waals surface area contributed by atoms with Gasteiger partial charge in [-0.25, -0.2) is 13.1 Å². The van der Waals surface area contributed by atoms with Gasteiger partial charge in [0.25, 0.3) is 5.91 Å². The Hall–Kier alpha value is -1.82. The van der Waals surface area contributed by atoms with E-state index in [0.717, 1.165) is 17.2 Å². The summed E-state index contributed by atoms with van der Waals surface area (Å²) < 4.78 is 25.6. The molecule has 0 aliphatic rings. The molecule has 2 aromatic rings. The Morgan fingerprint density at radius 1 is 1.29 bits per heavy atom. The van der Waals surface area contributed by atoms with Crippen LogP contribution < -0.4 is 4.72 Å². The van der Waals surface area contributed by atoms with Crippen molar-refractivity contribution in [2.24, 2.45) is 7.05 Å². The van der Waals surface area contributed by atoms with Crippen LogP contribution in [0.1, 0.15) is 10.5 Å². The largest absolute Gasteiger partial charge is 0.340 e. The lowest BCUT2D eigenvalue weighted by Crippen LogP contribution is -2.30. The minimum absolute atomic E-state index is 0.316. The molecule has 17 heavy (non-hydrogen) atoms. The van der Waals surface area contributed by atoms with Gasteiger partial charge in [-0.3, -0.25) is 4.79 Å². The molecule has 1 aromatic carbocycles. The molecule has 2 rings (SSSR count). The third-order valence-electron chi connectivity index (χ3n) is 2.46. The molecule has 0 saturated carbocycles. The first-order valence-corrected chi connectivity index (χ1v) is 6.84. The molecule has 0 spiro atoms. The van der Waals surface area contributed by atoms with E-state index in [4.69, 9.17) is 0 Å². The van der Waals surface area contributed by atoms with Crippen molar-refractivity contribution in [1.29, 1.82) is 0 Å². The van der Waals surface area contributed by atoms with E-state index in [1.165, 1.54) is 0 Å². The second-order valence-electron chi connectivity index (χ2n) is 3.85. The third kappa shape index (κ3) is 2.31. The van der Waals surface area contributed by atoms with Crippen LogP contribution in [0.5, 0.6) is 0 Å². The van der Waals surface area contributed by atoms with Gasteiger partial charge >= 0.3 is 0 Å². The predicted octanol–water partition coefficient (Wildman–Crippen LogP) is 0.868. The van der Waals surface area contributed by atoms with E-state index in [0.29, 0.717) is 5.69 Å². The number of para-hydroxylation sites is 1. The molecule has 6 heteroatoms. The molecule has 0 atom stereocenters. The number of hydrogen-bond acceptors (Lipinski definition) is 3. The number of carbonyl (C=O) groups is 1. The van der Waals surface area contributed by atoms with Crippen LogP contribution in [0.15, 0.2) is 30.3 Å². The minimum Gasteiger partial charge on any atom is -0.340 e. The zero-order chi connectivity index (χ0) is 12.6. The van der Waals surface area contributed by atoms with Crippen LogP contribution >= 0.6 is 0 Å². The Bertz CT molecular complexity index is 686. The molecule has 0 unspecified atom stereocenters. The summed E-state index contributed by atoms with van der Waals surface area (Å²) in [4.78, 5) is 11.7. The van der Waals surface area contributed by atoms with Gasteiger partial charge in [0.1, 0.15) is 5.69 Å². The number of amides is 1. The van der Waals surface area contributed by atoms with Crippen molar-refractivity contribution < 1.29 is 13.2 Å². The van der Waals surface area contributed by atoms with Crippen molar-refractivity contribution in [2.45, 2.75) is 0 Å². The van der Waals surface area contributed by atoms with Gasteiger partial charge in [0.05, 0.1) is 6.26 Å². The summed E-state index contributed by atoms with van der Waals surface area (Å²) in [7, 11) is -1.82. The van der Waals surface area contributed by atoms with Gasteiger partial charge < -0.3 is 4.57 Å². The van der Waals surface area contributed by atoms with E-state index < -0.39 is 15.9 Å². The topological polar surface area (TPSA) is 68.2 Å². The number of carbonyl (C=O) groups excluding carboxylic acids is 1. The summed E-state index contributed by atoms with van der Waals surface area (Å²) in [6.07, 6.45) is 0.952. The van der Waals surface area contributed by atoms with Crippen molar-refractivity contribution in [3.63, 3.8) is 0 Å². The minimum atomic E-state index is -3.54. The summed E-state index contributed by atoms with van der Waals surface area (Å²) in [5, 5.41) is 0.897. The number of benzene rings is 1. The van der Waals surface area contributed by atoms with Crippen LogP contribution in [0.2, 0.25) is 0 Å². The summed E-state index contributed by atoms with van der Waals surface area (Å²) in [5.41, 5.74) is 1.20. The fraction of sp³-hybridized carbons (Fsp3) is 0.182. The number of nitrogens with one attached hydrogen (secondary N) is 1. The molecular weight excluding hydrogens is 240 g/mol. The molecule has 0 saturated heterocycles. The van der Waals surface area contributed by atoms with Gasteiger partial charge in [0.2, 0.25) is 10.0 Å². The van der Waals surface area contributed by atoms with Crippen LogP contribution in [0.4, 0.5) is 0 Å². The van der Waals surface area contributed by atoms with Crippen molar-refractivity contribution >= 4 is 26.8 Å². The lowest BCUT2D eigenvalue weighted by molar-refractivity contribution is 0.0974. The molecule has 1 heterocycles. The van der Waals surface area contributed by atoms with E-state index >= 15 is 0 Å². The summed E-state index contributed by atoms with van der Waals surface area (Å²) in [6, 6.07) is 9.12. The van der Waals surface area contributed by atoms with Crippen molar-refractivity contribution in [3.05, 3.63) is 36.0 Å². The monoisotopic (exact) mass is 252 g/mol. The zero-order valence-electron chi connectivity index (χ0n) is 9.47. The highest BCUT2D eigenvalue weighted by molar-refractivity contribution is 7.89. The Kier molecular flexibility index (Phi) is 2.66. The highest BCUT2D eigenvalue weighted by atomic mass is 32.2. The lowest BCUT2D eigenvalue weighted by Gasteiger charge is -2.04. The van der Waals surface area contributed by atoms with Crippen molar-refractivity contribution in [3.8, 4) is 0 Å². The van der Waals surface area contributed by atoms with E-state index in [1.807, 2.05) is 29.0 Å². The van der Waals surface area contributed by atoms with Crippen molar-refractivity contribution in [2.75, 3.05) is 6.26 Å². The SMILES string of the molecule is Cn1c(C(=O)NS(C)(=O)=O)cc2ccccc21. The first-order valence-electron chi connectivity index (χ1n) is 4.95. The average Bonchev–Trinajstić information content (AvgIpc) is 2.55. The van der Waals surface area contributed by atoms with E-state index in [1.54, 1.807) is 17.7 Å². The second-order valence-corrected chi connectivity index (χ2v) is 5.60. The molecule has 1 amide bonds. The first-order chi connectivity index (χ1) is 7.88. The molecule has 0 bridgehead atoms. The standard InChI is InChI=1S/C11H12N2O3S/c1-13-9-6-4-3-5-8(9)7-10(13)11(14)12-17(2,15)16/h3-7H,1-2H3,(H,12,14). The number of fused-ring (bicyclic) bond motifs is 1. The smallest absolute Gasteiger partial charge is 0.281 e. The van der Waals surface area contributed by atoms with Crippen LogP contribution in [0, 0.1) is 0 Å². The number of rotatable bonds is 2. The molecule has 1 N–H and O–H groups in total. The molecule has 1 aromatic heterocycles. The molecule has 0 fully saturated rings. The molecule has 0 radical (unpaired) electrons.